The lowest BCUT2D eigenvalue weighted by Crippen LogP contribution is -2.50. The Kier molecular flexibility index (Phi) is 5.57. The highest BCUT2D eigenvalue weighted by molar-refractivity contribution is 7.13. The Labute approximate surface area is 184 Å². The van der Waals surface area contributed by atoms with E-state index in [4.69, 9.17) is 4.74 Å². The van der Waals surface area contributed by atoms with E-state index in [2.05, 4.69) is 30.9 Å². The zero-order valence-corrected chi connectivity index (χ0v) is 18.7. The summed E-state index contributed by atoms with van der Waals surface area (Å²) in [5.41, 5.74) is 2.41. The van der Waals surface area contributed by atoms with Gasteiger partial charge >= 0.3 is 6.09 Å². The van der Waals surface area contributed by atoms with Gasteiger partial charge in [-0.3, -0.25) is 4.79 Å². The van der Waals surface area contributed by atoms with Crippen LogP contribution in [0.15, 0.2) is 23.8 Å². The second-order valence-corrected chi connectivity index (χ2v) is 9.42. The highest BCUT2D eigenvalue weighted by Crippen LogP contribution is 2.37. The lowest BCUT2D eigenvalue weighted by Gasteiger charge is -2.37. The van der Waals surface area contributed by atoms with Crippen LogP contribution in [-0.2, 0) is 4.74 Å². The van der Waals surface area contributed by atoms with E-state index >= 15 is 0 Å². The van der Waals surface area contributed by atoms with Gasteiger partial charge in [0.1, 0.15) is 21.9 Å². The number of nitrogens with one attached hydrogen (secondary N) is 4. The number of hydrogen-bond acceptors (Lipinski definition) is 7. The predicted octanol–water partition coefficient (Wildman–Crippen LogP) is 3.51. The van der Waals surface area contributed by atoms with Gasteiger partial charge in [0.05, 0.1) is 11.3 Å². The van der Waals surface area contributed by atoms with E-state index in [0.29, 0.717) is 5.69 Å². The van der Waals surface area contributed by atoms with Crippen molar-refractivity contribution in [3.05, 3.63) is 29.5 Å². The lowest BCUT2D eigenvalue weighted by molar-refractivity contribution is 0.0475. The van der Waals surface area contributed by atoms with Crippen molar-refractivity contribution in [2.75, 3.05) is 12.4 Å². The van der Waals surface area contributed by atoms with Crippen LogP contribution in [0.4, 0.5) is 10.5 Å². The van der Waals surface area contributed by atoms with Crippen LogP contribution in [0.2, 0.25) is 0 Å². The van der Waals surface area contributed by atoms with Gasteiger partial charge < -0.3 is 25.7 Å². The van der Waals surface area contributed by atoms with Gasteiger partial charge in [0, 0.05) is 42.3 Å². The Morgan fingerprint density at radius 1 is 1.26 bits per heavy atom. The molecule has 164 valence electrons. The summed E-state index contributed by atoms with van der Waals surface area (Å²) in [6.07, 6.45) is 4.79. The maximum Gasteiger partial charge on any atom is 0.407 e. The molecular formula is C21H26N6O3S. The van der Waals surface area contributed by atoms with Crippen LogP contribution in [0.25, 0.3) is 21.6 Å². The van der Waals surface area contributed by atoms with Gasteiger partial charge in [0.25, 0.3) is 5.91 Å². The topological polar surface area (TPSA) is 121 Å². The Morgan fingerprint density at radius 2 is 2.03 bits per heavy atom. The van der Waals surface area contributed by atoms with Gasteiger partial charge in [-0.15, -0.1) is 11.3 Å². The molecule has 0 unspecified atom stereocenters. The number of fused-ring (bicyclic) bond motifs is 1. The molecule has 3 aromatic heterocycles. The van der Waals surface area contributed by atoms with Crippen molar-refractivity contribution in [1.82, 2.24) is 25.6 Å². The van der Waals surface area contributed by atoms with Crippen molar-refractivity contribution in [3.63, 3.8) is 0 Å². The Morgan fingerprint density at radius 3 is 2.74 bits per heavy atom. The van der Waals surface area contributed by atoms with Crippen molar-refractivity contribution in [3.8, 4) is 10.6 Å². The third-order valence-corrected chi connectivity index (χ3v) is 5.86. The van der Waals surface area contributed by atoms with Gasteiger partial charge in [-0.05, 0) is 39.7 Å². The minimum atomic E-state index is -0.515. The number of rotatable bonds is 5. The molecule has 1 fully saturated rings. The molecule has 3 aromatic rings. The van der Waals surface area contributed by atoms with Crippen molar-refractivity contribution >= 4 is 40.1 Å². The predicted molar refractivity (Wildman–Crippen MR) is 120 cm³/mol. The number of thiazole rings is 1. The lowest BCUT2D eigenvalue weighted by atomic mass is 9.86. The average molecular weight is 443 g/mol. The quantitative estimate of drug-likeness (QED) is 0.480. The summed E-state index contributed by atoms with van der Waals surface area (Å²) in [5, 5.41) is 12.5. The molecule has 0 saturated heterocycles. The Hall–Kier alpha value is -3.14. The normalized spacial score (nSPS) is 18.3. The smallest absolute Gasteiger partial charge is 0.407 e. The van der Waals surface area contributed by atoms with E-state index in [0.717, 1.165) is 40.1 Å². The minimum absolute atomic E-state index is 0.0686. The number of ether oxygens (including phenoxy) is 1. The SMILES string of the molecule is CNC(=O)c1csc(-c2cnc3[nH]ccc3c2N[C@H]2C[C@@H](NC(=O)OC(C)(C)C)C2)n1. The maximum absolute atomic E-state index is 12.0. The summed E-state index contributed by atoms with van der Waals surface area (Å²) in [7, 11) is 1.58. The molecule has 3 heterocycles. The Bertz CT molecular complexity index is 1110. The Balaban J connectivity index is 1.50. The molecule has 0 bridgehead atoms. The molecular weight excluding hydrogens is 416 g/mol. The molecule has 1 saturated carbocycles. The van der Waals surface area contributed by atoms with Crippen LogP contribution in [0, 0.1) is 0 Å². The summed E-state index contributed by atoms with van der Waals surface area (Å²) in [6, 6.07) is 2.23. The molecule has 1 aliphatic rings. The number of alkyl carbamates (subject to hydrolysis) is 1. The van der Waals surface area contributed by atoms with Gasteiger partial charge in [0.2, 0.25) is 0 Å². The van der Waals surface area contributed by atoms with Crippen LogP contribution in [0.1, 0.15) is 44.1 Å². The molecule has 2 amide bonds. The number of amides is 2. The van der Waals surface area contributed by atoms with E-state index in [9.17, 15) is 9.59 Å². The molecule has 10 heteroatoms. The highest BCUT2D eigenvalue weighted by Gasteiger charge is 2.32. The van der Waals surface area contributed by atoms with Crippen LogP contribution in [0.3, 0.4) is 0 Å². The number of aromatic nitrogens is 3. The standard InChI is InChI=1S/C21H26N6O3S/c1-21(2,3)30-20(29)26-12-7-11(8-12)25-16-13-5-6-23-17(13)24-9-14(16)19-27-15(10-31-19)18(28)22-4/h5-6,9-12H,7-8H2,1-4H3,(H,22,28)(H,26,29)(H2,23,24,25)/t11-,12+. The molecule has 1 aliphatic carbocycles. The first-order valence-electron chi connectivity index (χ1n) is 10.1. The van der Waals surface area contributed by atoms with Crippen LogP contribution in [-0.4, -0.2) is 51.7 Å². The fourth-order valence-corrected chi connectivity index (χ4v) is 4.30. The van der Waals surface area contributed by atoms with Crippen molar-refractivity contribution in [2.24, 2.45) is 0 Å². The molecule has 31 heavy (non-hydrogen) atoms. The van der Waals surface area contributed by atoms with E-state index < -0.39 is 11.7 Å². The first-order chi connectivity index (χ1) is 14.7. The molecule has 0 atom stereocenters. The summed E-state index contributed by atoms with van der Waals surface area (Å²) >= 11 is 1.40. The largest absolute Gasteiger partial charge is 0.444 e. The number of hydrogen-bond donors (Lipinski definition) is 4. The van der Waals surface area contributed by atoms with Crippen molar-refractivity contribution in [2.45, 2.75) is 51.3 Å². The van der Waals surface area contributed by atoms with E-state index in [1.165, 1.54) is 11.3 Å². The monoisotopic (exact) mass is 442 g/mol. The number of anilines is 1. The average Bonchev–Trinajstić information content (AvgIpc) is 3.33. The number of carbonyl (C=O) groups excluding carboxylic acids is 2. The van der Waals surface area contributed by atoms with Crippen LogP contribution >= 0.6 is 11.3 Å². The van der Waals surface area contributed by atoms with Crippen molar-refractivity contribution < 1.29 is 14.3 Å². The van der Waals surface area contributed by atoms with Gasteiger partial charge in [0.15, 0.2) is 0 Å². The fraction of sp³-hybridized carbons (Fsp3) is 0.429. The third kappa shape index (κ3) is 4.63. The molecule has 0 aliphatic heterocycles. The maximum atomic E-state index is 12.0. The number of carbonyl (C=O) groups is 2. The van der Waals surface area contributed by atoms with Gasteiger partial charge in [-0.1, -0.05) is 0 Å². The molecule has 4 N–H and O–H groups in total. The molecule has 0 radical (unpaired) electrons. The first kappa shape index (κ1) is 21.1. The second-order valence-electron chi connectivity index (χ2n) is 8.56. The summed E-state index contributed by atoms with van der Waals surface area (Å²) in [6.45, 7) is 5.54. The summed E-state index contributed by atoms with van der Waals surface area (Å²) in [4.78, 5) is 36.0. The van der Waals surface area contributed by atoms with E-state index in [-0.39, 0.29) is 18.0 Å². The number of H-pyrrole nitrogens is 1. The van der Waals surface area contributed by atoms with E-state index in [1.54, 1.807) is 18.6 Å². The minimum Gasteiger partial charge on any atom is -0.444 e. The van der Waals surface area contributed by atoms with Crippen LogP contribution < -0.4 is 16.0 Å². The van der Waals surface area contributed by atoms with E-state index in [1.807, 2.05) is 33.0 Å². The molecule has 0 aromatic carbocycles. The molecule has 9 nitrogen and oxygen atoms in total. The number of pyridine rings is 1. The second kappa shape index (κ2) is 8.18. The third-order valence-electron chi connectivity index (χ3n) is 4.99. The highest BCUT2D eigenvalue weighted by atomic mass is 32.1. The fourth-order valence-electron chi connectivity index (χ4n) is 3.49. The van der Waals surface area contributed by atoms with Crippen molar-refractivity contribution in [1.29, 1.82) is 0 Å². The number of nitrogens with zero attached hydrogens (tertiary/aromatic N) is 2. The zero-order valence-electron chi connectivity index (χ0n) is 17.9. The zero-order chi connectivity index (χ0) is 22.2. The van der Waals surface area contributed by atoms with Crippen LogP contribution in [0.5, 0.6) is 0 Å². The number of aromatic amines is 1. The summed E-state index contributed by atoms with van der Waals surface area (Å²) in [5.74, 6) is -0.220. The summed E-state index contributed by atoms with van der Waals surface area (Å²) < 4.78 is 5.33. The molecule has 0 spiro atoms. The molecule has 4 rings (SSSR count). The first-order valence-corrected chi connectivity index (χ1v) is 11.0. The van der Waals surface area contributed by atoms with Gasteiger partial charge in [-0.2, -0.15) is 0 Å². The van der Waals surface area contributed by atoms with Gasteiger partial charge in [-0.25, -0.2) is 14.8 Å².